The van der Waals surface area contributed by atoms with E-state index in [2.05, 4.69) is 33.2 Å². The lowest BCUT2D eigenvalue weighted by Crippen LogP contribution is -2.13. The molecular formula is C15H14IN3O3. The van der Waals surface area contributed by atoms with E-state index in [9.17, 15) is 14.9 Å². The second-order valence-corrected chi connectivity index (χ2v) is 5.73. The van der Waals surface area contributed by atoms with E-state index in [4.69, 9.17) is 0 Å². The fourth-order valence-corrected chi connectivity index (χ4v) is 2.48. The minimum Gasteiger partial charge on any atom is -0.380 e. The summed E-state index contributed by atoms with van der Waals surface area (Å²) in [5.41, 5.74) is 1.18. The zero-order chi connectivity index (χ0) is 16.1. The number of nitrogens with zero attached hydrogens (tertiary/aromatic N) is 1. The number of nitro groups is 1. The van der Waals surface area contributed by atoms with Crippen molar-refractivity contribution in [1.29, 1.82) is 0 Å². The first-order chi connectivity index (χ1) is 10.5. The first-order valence-corrected chi connectivity index (χ1v) is 7.68. The molecule has 2 aromatic carbocycles. The molecule has 2 rings (SSSR count). The van der Waals surface area contributed by atoms with Crippen molar-refractivity contribution in [3.63, 3.8) is 0 Å². The number of carbonyl (C=O) groups is 1. The van der Waals surface area contributed by atoms with E-state index in [1.807, 2.05) is 25.1 Å². The van der Waals surface area contributed by atoms with Crippen LogP contribution >= 0.6 is 22.6 Å². The highest BCUT2D eigenvalue weighted by atomic mass is 127. The van der Waals surface area contributed by atoms with Gasteiger partial charge in [-0.2, -0.15) is 0 Å². The van der Waals surface area contributed by atoms with Crippen LogP contribution in [-0.4, -0.2) is 17.4 Å². The Kier molecular flexibility index (Phi) is 5.31. The molecule has 0 atom stereocenters. The molecule has 1 amide bonds. The van der Waals surface area contributed by atoms with Gasteiger partial charge in [0.15, 0.2) is 0 Å². The third-order valence-corrected chi connectivity index (χ3v) is 3.58. The molecule has 6 nitrogen and oxygen atoms in total. The molecule has 0 saturated carbocycles. The molecule has 7 heteroatoms. The Labute approximate surface area is 141 Å². The molecule has 0 radical (unpaired) electrons. The van der Waals surface area contributed by atoms with Crippen LogP contribution < -0.4 is 10.6 Å². The maximum absolute atomic E-state index is 12.2. The standard InChI is InChI=1S/C15H14IN3O3/c1-2-17-13-7-6-10(8-14(13)19(21)22)15(20)18-12-5-3-4-11(16)9-12/h3-9,17H,2H2,1H3,(H,18,20). The number of benzene rings is 2. The van der Waals surface area contributed by atoms with E-state index in [0.29, 0.717) is 17.9 Å². The Morgan fingerprint density at radius 3 is 2.68 bits per heavy atom. The van der Waals surface area contributed by atoms with Crippen LogP contribution in [0.2, 0.25) is 0 Å². The molecule has 2 N–H and O–H groups in total. The first kappa shape index (κ1) is 16.2. The molecule has 0 bridgehead atoms. The zero-order valence-corrected chi connectivity index (χ0v) is 14.0. The molecule has 0 aliphatic carbocycles. The third-order valence-electron chi connectivity index (χ3n) is 2.91. The van der Waals surface area contributed by atoms with Crippen LogP contribution in [0.15, 0.2) is 42.5 Å². The normalized spacial score (nSPS) is 10.1. The van der Waals surface area contributed by atoms with E-state index in [-0.39, 0.29) is 17.2 Å². The maximum atomic E-state index is 12.2. The summed E-state index contributed by atoms with van der Waals surface area (Å²) < 4.78 is 0.990. The van der Waals surface area contributed by atoms with Crippen LogP contribution in [0, 0.1) is 13.7 Å². The predicted octanol–water partition coefficient (Wildman–Crippen LogP) is 3.88. The molecule has 0 aliphatic rings. The van der Waals surface area contributed by atoms with Gasteiger partial charge in [-0.1, -0.05) is 6.07 Å². The molecule has 0 spiro atoms. The average molecular weight is 411 g/mol. The molecule has 0 unspecified atom stereocenters. The summed E-state index contributed by atoms with van der Waals surface area (Å²) in [6.07, 6.45) is 0. The Bertz CT molecular complexity index is 719. The topological polar surface area (TPSA) is 84.3 Å². The van der Waals surface area contributed by atoms with Gasteiger partial charge < -0.3 is 10.6 Å². The van der Waals surface area contributed by atoms with Gasteiger partial charge in [-0.25, -0.2) is 0 Å². The zero-order valence-electron chi connectivity index (χ0n) is 11.8. The Balaban J connectivity index is 2.26. The molecule has 0 saturated heterocycles. The number of hydrogen-bond donors (Lipinski definition) is 2. The lowest BCUT2D eigenvalue weighted by Gasteiger charge is -2.08. The lowest BCUT2D eigenvalue weighted by molar-refractivity contribution is -0.384. The van der Waals surface area contributed by atoms with Crippen LogP contribution in [-0.2, 0) is 0 Å². The molecule has 0 aromatic heterocycles. The average Bonchev–Trinajstić information content (AvgIpc) is 2.47. The van der Waals surface area contributed by atoms with Crippen molar-refractivity contribution in [3.8, 4) is 0 Å². The molecule has 22 heavy (non-hydrogen) atoms. The summed E-state index contributed by atoms with van der Waals surface area (Å²) in [6, 6.07) is 11.7. The summed E-state index contributed by atoms with van der Waals surface area (Å²) in [6.45, 7) is 2.41. The molecule has 2 aromatic rings. The first-order valence-electron chi connectivity index (χ1n) is 6.60. The maximum Gasteiger partial charge on any atom is 0.293 e. The van der Waals surface area contributed by atoms with Crippen molar-refractivity contribution >= 4 is 45.6 Å². The summed E-state index contributed by atoms with van der Waals surface area (Å²) in [5.74, 6) is -0.381. The van der Waals surface area contributed by atoms with Gasteiger partial charge in [0, 0.05) is 27.4 Å². The summed E-state index contributed by atoms with van der Waals surface area (Å²) in [5, 5.41) is 16.7. The number of amides is 1. The van der Waals surface area contributed by atoms with Crippen molar-refractivity contribution in [1.82, 2.24) is 0 Å². The number of hydrogen-bond acceptors (Lipinski definition) is 4. The monoisotopic (exact) mass is 411 g/mol. The number of anilines is 2. The van der Waals surface area contributed by atoms with E-state index < -0.39 is 4.92 Å². The Morgan fingerprint density at radius 1 is 1.27 bits per heavy atom. The highest BCUT2D eigenvalue weighted by molar-refractivity contribution is 14.1. The van der Waals surface area contributed by atoms with Crippen molar-refractivity contribution in [3.05, 3.63) is 61.7 Å². The number of halogens is 1. The third kappa shape index (κ3) is 3.94. The van der Waals surface area contributed by atoms with Gasteiger partial charge in [0.2, 0.25) is 0 Å². The van der Waals surface area contributed by atoms with Gasteiger partial charge in [0.25, 0.3) is 11.6 Å². The van der Waals surface area contributed by atoms with Crippen LogP contribution in [0.3, 0.4) is 0 Å². The van der Waals surface area contributed by atoms with Crippen molar-refractivity contribution < 1.29 is 9.72 Å². The van der Waals surface area contributed by atoms with Gasteiger partial charge in [-0.3, -0.25) is 14.9 Å². The van der Waals surface area contributed by atoms with Crippen molar-refractivity contribution in [2.24, 2.45) is 0 Å². The molecule has 0 heterocycles. The van der Waals surface area contributed by atoms with E-state index in [1.165, 1.54) is 6.07 Å². The minimum atomic E-state index is -0.500. The molecule has 0 fully saturated rings. The van der Waals surface area contributed by atoms with Crippen molar-refractivity contribution in [2.75, 3.05) is 17.2 Å². The van der Waals surface area contributed by atoms with Gasteiger partial charge in [0.1, 0.15) is 5.69 Å². The number of nitrogens with one attached hydrogen (secondary N) is 2. The fraction of sp³-hybridized carbons (Fsp3) is 0.133. The van der Waals surface area contributed by atoms with Gasteiger partial charge >= 0.3 is 0 Å². The largest absolute Gasteiger partial charge is 0.380 e. The van der Waals surface area contributed by atoms with E-state index in [1.54, 1.807) is 18.2 Å². The van der Waals surface area contributed by atoms with Crippen LogP contribution in [0.4, 0.5) is 17.1 Å². The smallest absolute Gasteiger partial charge is 0.293 e. The minimum absolute atomic E-state index is 0.114. The second-order valence-electron chi connectivity index (χ2n) is 4.48. The summed E-state index contributed by atoms with van der Waals surface area (Å²) in [4.78, 5) is 22.8. The molecule has 0 aliphatic heterocycles. The highest BCUT2D eigenvalue weighted by Crippen LogP contribution is 2.26. The summed E-state index contributed by atoms with van der Waals surface area (Å²) in [7, 11) is 0. The highest BCUT2D eigenvalue weighted by Gasteiger charge is 2.17. The van der Waals surface area contributed by atoms with Crippen LogP contribution in [0.5, 0.6) is 0 Å². The predicted molar refractivity (Wildman–Crippen MR) is 94.4 cm³/mol. The fourth-order valence-electron chi connectivity index (χ4n) is 1.93. The quantitative estimate of drug-likeness (QED) is 0.444. The van der Waals surface area contributed by atoms with Gasteiger partial charge in [-0.15, -0.1) is 0 Å². The Hall–Kier alpha value is -2.16. The molecular weight excluding hydrogens is 397 g/mol. The van der Waals surface area contributed by atoms with E-state index in [0.717, 1.165) is 3.57 Å². The number of carbonyl (C=O) groups excluding carboxylic acids is 1. The van der Waals surface area contributed by atoms with Crippen molar-refractivity contribution in [2.45, 2.75) is 6.92 Å². The summed E-state index contributed by atoms with van der Waals surface area (Å²) >= 11 is 2.15. The van der Waals surface area contributed by atoms with Gasteiger partial charge in [-0.05, 0) is 59.8 Å². The SMILES string of the molecule is CCNc1ccc(C(=O)Nc2cccc(I)c2)cc1[N+](=O)[O-]. The Morgan fingerprint density at radius 2 is 2.05 bits per heavy atom. The molecule has 114 valence electrons. The van der Waals surface area contributed by atoms with Gasteiger partial charge in [0.05, 0.1) is 4.92 Å². The van der Waals surface area contributed by atoms with E-state index >= 15 is 0 Å². The second kappa shape index (κ2) is 7.21. The van der Waals surface area contributed by atoms with Crippen LogP contribution in [0.25, 0.3) is 0 Å². The van der Waals surface area contributed by atoms with Crippen LogP contribution in [0.1, 0.15) is 17.3 Å². The number of rotatable bonds is 5. The lowest BCUT2D eigenvalue weighted by atomic mass is 10.1. The number of nitro benzene ring substituents is 1.